The average molecular weight is 434 g/mol. The van der Waals surface area contributed by atoms with Crippen LogP contribution in [0.1, 0.15) is 28.8 Å². The van der Waals surface area contributed by atoms with Crippen molar-refractivity contribution >= 4 is 28.2 Å². The van der Waals surface area contributed by atoms with Crippen LogP contribution in [0.25, 0.3) is 22.0 Å². The number of amides is 1. The van der Waals surface area contributed by atoms with Gasteiger partial charge in [0.2, 0.25) is 0 Å². The van der Waals surface area contributed by atoms with Gasteiger partial charge in [0.25, 0.3) is 5.91 Å². The summed E-state index contributed by atoms with van der Waals surface area (Å²) in [6.45, 7) is 2.01. The van der Waals surface area contributed by atoms with Crippen molar-refractivity contribution in [3.8, 4) is 11.1 Å². The first-order valence-electron chi connectivity index (χ1n) is 10.1. The second-order valence-corrected chi connectivity index (χ2v) is 9.09. The van der Waals surface area contributed by atoms with Crippen LogP contribution < -0.4 is 5.32 Å². The maximum atomic E-state index is 13.2. The molecule has 1 aromatic heterocycles. The van der Waals surface area contributed by atoms with Gasteiger partial charge in [0.15, 0.2) is 4.90 Å². The molecule has 1 aliphatic rings. The first kappa shape index (κ1) is 19.8. The van der Waals surface area contributed by atoms with Crippen LogP contribution in [-0.4, -0.2) is 25.7 Å². The summed E-state index contributed by atoms with van der Waals surface area (Å²) in [4.78, 5) is 12.9. The van der Waals surface area contributed by atoms with E-state index < -0.39 is 11.4 Å². The van der Waals surface area contributed by atoms with Crippen LogP contribution in [0.3, 0.4) is 0 Å². The van der Waals surface area contributed by atoms with Crippen molar-refractivity contribution in [2.75, 3.05) is 0 Å². The molecule has 5 rings (SSSR count). The maximum Gasteiger partial charge on any atom is 0.251 e. The molecular weight excluding hydrogens is 413 g/mol. The Balaban J connectivity index is 1.48. The molecule has 7 heteroatoms. The highest BCUT2D eigenvalue weighted by molar-refractivity contribution is 7.90. The number of benzene rings is 3. The molecule has 156 valence electrons. The predicted molar refractivity (Wildman–Crippen MR) is 119 cm³/mol. The van der Waals surface area contributed by atoms with E-state index in [2.05, 4.69) is 10.4 Å². The van der Waals surface area contributed by atoms with Gasteiger partial charge < -0.3 is 9.87 Å². The fourth-order valence-electron chi connectivity index (χ4n) is 3.53. The zero-order chi connectivity index (χ0) is 21.5. The summed E-state index contributed by atoms with van der Waals surface area (Å²) in [5.41, 5.74) is 4.34. The minimum atomic E-state index is -1.58. The van der Waals surface area contributed by atoms with Gasteiger partial charge in [0.1, 0.15) is 22.7 Å². The van der Waals surface area contributed by atoms with E-state index in [4.69, 9.17) is 0 Å². The number of nitrogens with zero attached hydrogens (tertiary/aromatic N) is 2. The molecule has 31 heavy (non-hydrogen) atoms. The number of rotatable bonds is 5. The Morgan fingerprint density at radius 1 is 1.13 bits per heavy atom. The second kappa shape index (κ2) is 7.83. The molecule has 1 aliphatic carbocycles. The molecule has 0 aliphatic heterocycles. The van der Waals surface area contributed by atoms with E-state index in [0.29, 0.717) is 22.0 Å². The summed E-state index contributed by atoms with van der Waals surface area (Å²) in [5.74, 6) is -0.425. The molecule has 0 radical (unpaired) electrons. The van der Waals surface area contributed by atoms with Crippen molar-refractivity contribution in [2.24, 2.45) is 0 Å². The fourth-order valence-corrected chi connectivity index (χ4v) is 4.58. The van der Waals surface area contributed by atoms with Gasteiger partial charge in [-0.3, -0.25) is 4.79 Å². The molecule has 1 amide bonds. The van der Waals surface area contributed by atoms with Crippen molar-refractivity contribution < 1.29 is 13.7 Å². The number of halogens is 1. The van der Waals surface area contributed by atoms with E-state index in [9.17, 15) is 13.7 Å². The van der Waals surface area contributed by atoms with Crippen molar-refractivity contribution in [3.05, 3.63) is 83.8 Å². The van der Waals surface area contributed by atoms with Gasteiger partial charge in [0.05, 0.1) is 6.20 Å². The molecule has 0 bridgehead atoms. The number of aryl methyl sites for hydroxylation is 1. The first-order chi connectivity index (χ1) is 15.0. The lowest BCUT2D eigenvalue weighted by Gasteiger charge is -2.11. The van der Waals surface area contributed by atoms with E-state index >= 15 is 0 Å². The smallest absolute Gasteiger partial charge is 0.251 e. The third-order valence-corrected chi connectivity index (χ3v) is 6.71. The summed E-state index contributed by atoms with van der Waals surface area (Å²) >= 11 is -1.58. The second-order valence-electron chi connectivity index (χ2n) is 7.77. The van der Waals surface area contributed by atoms with Gasteiger partial charge in [-0.1, -0.05) is 16.2 Å². The van der Waals surface area contributed by atoms with Crippen molar-refractivity contribution in [3.63, 3.8) is 0 Å². The summed E-state index contributed by atoms with van der Waals surface area (Å²) < 4.78 is 27.5. The molecule has 4 aromatic rings. The molecule has 1 saturated carbocycles. The van der Waals surface area contributed by atoms with Crippen LogP contribution in [0.5, 0.6) is 0 Å². The SMILES string of the molecule is Cc1ccc(C(=O)NC2CC2)cc1-c1ccc2c(cnn2[S+]([O-])c2ccc(F)cc2)c1. The topological polar surface area (TPSA) is 70.0 Å². The molecule has 3 aromatic carbocycles. The van der Waals surface area contributed by atoms with Crippen molar-refractivity contribution in [1.82, 2.24) is 14.5 Å². The van der Waals surface area contributed by atoms with Crippen LogP contribution >= 0.6 is 0 Å². The van der Waals surface area contributed by atoms with Crippen molar-refractivity contribution in [1.29, 1.82) is 0 Å². The first-order valence-corrected chi connectivity index (χ1v) is 11.2. The van der Waals surface area contributed by atoms with Gasteiger partial charge in [0, 0.05) is 17.0 Å². The number of aromatic nitrogens is 2. The number of hydrogen-bond acceptors (Lipinski definition) is 3. The third-order valence-electron chi connectivity index (χ3n) is 5.43. The van der Waals surface area contributed by atoms with Gasteiger partial charge in [-0.15, -0.1) is 5.10 Å². The third kappa shape index (κ3) is 3.94. The highest BCUT2D eigenvalue weighted by atomic mass is 32.2. The van der Waals surface area contributed by atoms with E-state index in [0.717, 1.165) is 34.9 Å². The number of carbonyl (C=O) groups is 1. The lowest BCUT2D eigenvalue weighted by molar-refractivity contribution is 0.0951. The van der Waals surface area contributed by atoms with Crippen LogP contribution in [0.2, 0.25) is 0 Å². The number of fused-ring (bicyclic) bond motifs is 1. The number of hydrogen-bond donors (Lipinski definition) is 1. The van der Waals surface area contributed by atoms with Crippen LogP contribution in [0.4, 0.5) is 4.39 Å². The molecule has 1 atom stereocenters. The zero-order valence-electron chi connectivity index (χ0n) is 16.8. The minimum Gasteiger partial charge on any atom is -0.586 e. The molecule has 1 unspecified atom stereocenters. The zero-order valence-corrected chi connectivity index (χ0v) is 17.7. The fraction of sp³-hybridized carbons (Fsp3) is 0.167. The quantitative estimate of drug-likeness (QED) is 0.467. The standard InChI is InChI=1S/C24H20FN3O2S/c1-15-2-3-17(24(29)27-20-7-8-20)13-22(15)16-4-11-23-18(12-16)14-26-28(23)31(30)21-9-5-19(25)6-10-21/h2-6,9-14,20H,7-8H2,1H3,(H,27,29). The molecule has 1 heterocycles. The minimum absolute atomic E-state index is 0.0488. The average Bonchev–Trinajstić information content (AvgIpc) is 3.49. The summed E-state index contributed by atoms with van der Waals surface area (Å²) in [7, 11) is 0. The number of nitrogens with one attached hydrogen (secondary N) is 1. The molecule has 5 nitrogen and oxygen atoms in total. The lowest BCUT2D eigenvalue weighted by atomic mass is 9.97. The monoisotopic (exact) mass is 433 g/mol. The van der Waals surface area contributed by atoms with Gasteiger partial charge in [-0.05, 0) is 85.0 Å². The van der Waals surface area contributed by atoms with E-state index in [1.54, 1.807) is 6.20 Å². The molecule has 1 fully saturated rings. The Kier molecular flexibility index (Phi) is 5.00. The van der Waals surface area contributed by atoms with Crippen LogP contribution in [-0.2, 0) is 11.4 Å². The molecule has 0 saturated heterocycles. The molecule has 1 N–H and O–H groups in total. The van der Waals surface area contributed by atoms with Crippen LogP contribution in [0, 0.1) is 12.7 Å². The van der Waals surface area contributed by atoms with Crippen LogP contribution in [0.15, 0.2) is 71.8 Å². The lowest BCUT2D eigenvalue weighted by Crippen LogP contribution is -2.25. The molecule has 0 spiro atoms. The summed E-state index contributed by atoms with van der Waals surface area (Å²) in [5, 5.41) is 8.15. The maximum absolute atomic E-state index is 13.2. The predicted octanol–water partition coefficient (Wildman–Crippen LogP) is 4.61. The Labute approximate surface area is 182 Å². The number of carbonyl (C=O) groups excluding carboxylic acids is 1. The Morgan fingerprint density at radius 3 is 2.65 bits per heavy atom. The summed E-state index contributed by atoms with van der Waals surface area (Å²) in [6, 6.07) is 17.4. The van der Waals surface area contributed by atoms with Crippen molar-refractivity contribution in [2.45, 2.75) is 30.7 Å². The highest BCUT2D eigenvalue weighted by Crippen LogP contribution is 2.30. The normalized spacial score (nSPS) is 14.5. The highest BCUT2D eigenvalue weighted by Gasteiger charge is 2.24. The molecular formula is C24H20FN3O2S. The van der Waals surface area contributed by atoms with Gasteiger partial charge in [-0.2, -0.15) is 0 Å². The van der Waals surface area contributed by atoms with E-state index in [1.807, 2.05) is 43.3 Å². The Morgan fingerprint density at radius 2 is 1.90 bits per heavy atom. The van der Waals surface area contributed by atoms with Gasteiger partial charge in [-0.25, -0.2) is 4.39 Å². The van der Waals surface area contributed by atoms with E-state index in [-0.39, 0.29) is 11.7 Å². The summed E-state index contributed by atoms with van der Waals surface area (Å²) in [6.07, 6.45) is 3.76. The van der Waals surface area contributed by atoms with E-state index in [1.165, 1.54) is 28.4 Å². The Bertz CT molecular complexity index is 1280. The van der Waals surface area contributed by atoms with Gasteiger partial charge >= 0.3 is 0 Å². The Hall–Kier alpha value is -3.16. The largest absolute Gasteiger partial charge is 0.586 e.